The SMILES string of the molecule is COc1cccc(OCC(=O)N2CCCN(c3ccncc3)CC2)c1. The maximum absolute atomic E-state index is 12.5. The lowest BCUT2D eigenvalue weighted by Crippen LogP contribution is -2.38. The number of rotatable bonds is 5. The van der Waals surface area contributed by atoms with Crippen LogP contribution in [0.1, 0.15) is 6.42 Å². The highest BCUT2D eigenvalue weighted by Gasteiger charge is 2.19. The van der Waals surface area contributed by atoms with Crippen LogP contribution >= 0.6 is 0 Å². The Kier molecular flexibility index (Phi) is 5.72. The molecule has 25 heavy (non-hydrogen) atoms. The summed E-state index contributed by atoms with van der Waals surface area (Å²) < 4.78 is 10.8. The summed E-state index contributed by atoms with van der Waals surface area (Å²) >= 11 is 0. The van der Waals surface area contributed by atoms with Gasteiger partial charge in [-0.3, -0.25) is 9.78 Å². The molecule has 132 valence electrons. The van der Waals surface area contributed by atoms with Gasteiger partial charge in [0.15, 0.2) is 6.61 Å². The van der Waals surface area contributed by atoms with Crippen LogP contribution in [0.5, 0.6) is 11.5 Å². The minimum atomic E-state index is 0.0133. The largest absolute Gasteiger partial charge is 0.497 e. The predicted octanol–water partition coefficient (Wildman–Crippen LogP) is 2.21. The van der Waals surface area contributed by atoms with Crippen LogP contribution in [0.2, 0.25) is 0 Å². The minimum Gasteiger partial charge on any atom is -0.497 e. The van der Waals surface area contributed by atoms with Crippen LogP contribution in [-0.2, 0) is 4.79 Å². The third-order valence-corrected chi connectivity index (χ3v) is 4.28. The number of anilines is 1. The molecule has 0 N–H and O–H groups in total. The number of amides is 1. The lowest BCUT2D eigenvalue weighted by Gasteiger charge is -2.23. The van der Waals surface area contributed by atoms with E-state index >= 15 is 0 Å². The molecule has 0 atom stereocenters. The molecule has 2 aromatic rings. The van der Waals surface area contributed by atoms with Crippen molar-refractivity contribution >= 4 is 11.6 Å². The first-order valence-corrected chi connectivity index (χ1v) is 8.46. The van der Waals surface area contributed by atoms with Crippen molar-refractivity contribution in [1.82, 2.24) is 9.88 Å². The number of hydrogen-bond donors (Lipinski definition) is 0. The third kappa shape index (κ3) is 4.62. The Morgan fingerprint density at radius 3 is 2.68 bits per heavy atom. The molecule has 3 rings (SSSR count). The van der Waals surface area contributed by atoms with Crippen molar-refractivity contribution in [1.29, 1.82) is 0 Å². The molecule has 1 aromatic carbocycles. The van der Waals surface area contributed by atoms with E-state index in [9.17, 15) is 4.79 Å². The first-order chi connectivity index (χ1) is 12.3. The summed E-state index contributed by atoms with van der Waals surface area (Å²) in [6, 6.07) is 11.3. The van der Waals surface area contributed by atoms with E-state index in [0.29, 0.717) is 18.0 Å². The van der Waals surface area contributed by atoms with Gasteiger partial charge in [-0.05, 0) is 30.7 Å². The molecule has 0 saturated carbocycles. The molecule has 6 nitrogen and oxygen atoms in total. The Bertz CT molecular complexity index is 693. The summed E-state index contributed by atoms with van der Waals surface area (Å²) in [6.07, 6.45) is 4.53. The van der Waals surface area contributed by atoms with Gasteiger partial charge in [-0.15, -0.1) is 0 Å². The molecular weight excluding hydrogens is 318 g/mol. The fraction of sp³-hybridized carbons (Fsp3) is 0.368. The highest BCUT2D eigenvalue weighted by molar-refractivity contribution is 5.78. The van der Waals surface area contributed by atoms with Crippen molar-refractivity contribution in [2.45, 2.75) is 6.42 Å². The van der Waals surface area contributed by atoms with Gasteiger partial charge < -0.3 is 19.3 Å². The van der Waals surface area contributed by atoms with Crippen molar-refractivity contribution in [2.75, 3.05) is 44.8 Å². The molecule has 0 unspecified atom stereocenters. The zero-order chi connectivity index (χ0) is 17.5. The molecule has 2 heterocycles. The van der Waals surface area contributed by atoms with Gasteiger partial charge in [0.1, 0.15) is 11.5 Å². The van der Waals surface area contributed by atoms with Crippen molar-refractivity contribution in [2.24, 2.45) is 0 Å². The van der Waals surface area contributed by atoms with Crippen LogP contribution in [0.15, 0.2) is 48.8 Å². The van der Waals surface area contributed by atoms with Gasteiger partial charge in [0.2, 0.25) is 0 Å². The Balaban J connectivity index is 1.52. The number of hydrogen-bond acceptors (Lipinski definition) is 5. The number of pyridine rings is 1. The van der Waals surface area contributed by atoms with Gasteiger partial charge >= 0.3 is 0 Å². The molecule has 0 radical (unpaired) electrons. The average molecular weight is 341 g/mol. The van der Waals surface area contributed by atoms with E-state index in [1.54, 1.807) is 25.6 Å². The van der Waals surface area contributed by atoms with E-state index in [4.69, 9.17) is 9.47 Å². The van der Waals surface area contributed by atoms with Crippen LogP contribution in [-0.4, -0.2) is 55.7 Å². The number of benzene rings is 1. The molecule has 1 saturated heterocycles. The highest BCUT2D eigenvalue weighted by Crippen LogP contribution is 2.19. The van der Waals surface area contributed by atoms with Gasteiger partial charge in [-0.2, -0.15) is 0 Å². The topological polar surface area (TPSA) is 54.9 Å². The number of methoxy groups -OCH3 is 1. The van der Waals surface area contributed by atoms with Gasteiger partial charge in [0, 0.05) is 50.3 Å². The summed E-state index contributed by atoms with van der Waals surface area (Å²) in [4.78, 5) is 20.7. The zero-order valence-electron chi connectivity index (χ0n) is 14.4. The second-order valence-corrected chi connectivity index (χ2v) is 5.89. The fourth-order valence-corrected chi connectivity index (χ4v) is 2.91. The van der Waals surface area contributed by atoms with Crippen molar-refractivity contribution in [3.05, 3.63) is 48.8 Å². The highest BCUT2D eigenvalue weighted by atomic mass is 16.5. The van der Waals surface area contributed by atoms with Crippen LogP contribution < -0.4 is 14.4 Å². The van der Waals surface area contributed by atoms with E-state index < -0.39 is 0 Å². The number of aromatic nitrogens is 1. The normalized spacial score (nSPS) is 14.8. The molecule has 1 fully saturated rings. The molecule has 0 aliphatic carbocycles. The van der Waals surface area contributed by atoms with E-state index in [-0.39, 0.29) is 12.5 Å². The molecular formula is C19H23N3O3. The van der Waals surface area contributed by atoms with Crippen LogP contribution in [0.25, 0.3) is 0 Å². The van der Waals surface area contributed by atoms with Crippen LogP contribution in [0.4, 0.5) is 5.69 Å². The lowest BCUT2D eigenvalue weighted by molar-refractivity contribution is -0.133. The third-order valence-electron chi connectivity index (χ3n) is 4.28. The maximum Gasteiger partial charge on any atom is 0.260 e. The number of carbonyl (C=O) groups is 1. The summed E-state index contributed by atoms with van der Waals surface area (Å²) in [7, 11) is 1.61. The van der Waals surface area contributed by atoms with Crippen LogP contribution in [0.3, 0.4) is 0 Å². The number of nitrogens with zero attached hydrogens (tertiary/aromatic N) is 3. The zero-order valence-corrected chi connectivity index (χ0v) is 14.4. The second-order valence-electron chi connectivity index (χ2n) is 5.89. The molecule has 1 aromatic heterocycles. The Morgan fingerprint density at radius 2 is 1.88 bits per heavy atom. The Hall–Kier alpha value is -2.76. The van der Waals surface area contributed by atoms with Gasteiger partial charge in [-0.25, -0.2) is 0 Å². The first-order valence-electron chi connectivity index (χ1n) is 8.46. The number of carbonyl (C=O) groups excluding carboxylic acids is 1. The van der Waals surface area contributed by atoms with E-state index in [2.05, 4.69) is 9.88 Å². The van der Waals surface area contributed by atoms with Crippen molar-refractivity contribution < 1.29 is 14.3 Å². The van der Waals surface area contributed by atoms with Crippen molar-refractivity contribution in [3.8, 4) is 11.5 Å². The van der Waals surface area contributed by atoms with Gasteiger partial charge in [0.05, 0.1) is 7.11 Å². The summed E-state index contributed by atoms with van der Waals surface area (Å²) in [6.45, 7) is 3.24. The molecule has 1 amide bonds. The molecule has 0 bridgehead atoms. The molecule has 1 aliphatic rings. The minimum absolute atomic E-state index is 0.0133. The van der Waals surface area contributed by atoms with E-state index in [0.717, 1.165) is 31.7 Å². The summed E-state index contributed by atoms with van der Waals surface area (Å²) in [5, 5.41) is 0. The van der Waals surface area contributed by atoms with Gasteiger partial charge in [0.25, 0.3) is 5.91 Å². The predicted molar refractivity (Wildman–Crippen MR) is 96.1 cm³/mol. The molecule has 0 spiro atoms. The molecule has 6 heteroatoms. The summed E-state index contributed by atoms with van der Waals surface area (Å²) in [5.41, 5.74) is 1.15. The van der Waals surface area contributed by atoms with Crippen LogP contribution in [0, 0.1) is 0 Å². The first kappa shape index (κ1) is 17.1. The average Bonchev–Trinajstić information content (AvgIpc) is 2.93. The lowest BCUT2D eigenvalue weighted by atomic mass is 10.3. The number of ether oxygens (including phenoxy) is 2. The standard InChI is InChI=1S/C19H23N3O3/c1-24-17-4-2-5-18(14-17)25-15-19(23)22-11-3-10-21(12-13-22)16-6-8-20-9-7-16/h2,4-9,14H,3,10-13,15H2,1H3. The van der Waals surface area contributed by atoms with E-state index in [1.165, 1.54) is 0 Å². The van der Waals surface area contributed by atoms with E-state index in [1.807, 2.05) is 35.2 Å². The Labute approximate surface area is 148 Å². The molecule has 1 aliphatic heterocycles. The van der Waals surface area contributed by atoms with Gasteiger partial charge in [-0.1, -0.05) is 6.07 Å². The Morgan fingerprint density at radius 1 is 1.08 bits per heavy atom. The fourth-order valence-electron chi connectivity index (χ4n) is 2.91. The monoisotopic (exact) mass is 341 g/mol. The second kappa shape index (κ2) is 8.37. The smallest absolute Gasteiger partial charge is 0.260 e. The quantitative estimate of drug-likeness (QED) is 0.835. The maximum atomic E-state index is 12.5. The summed E-state index contributed by atoms with van der Waals surface area (Å²) in [5.74, 6) is 1.37. The van der Waals surface area contributed by atoms with Crippen molar-refractivity contribution in [3.63, 3.8) is 0 Å².